The van der Waals surface area contributed by atoms with Crippen molar-refractivity contribution in [2.45, 2.75) is 30.9 Å². The number of amides is 1. The van der Waals surface area contributed by atoms with Gasteiger partial charge < -0.3 is 24.3 Å². The van der Waals surface area contributed by atoms with Gasteiger partial charge in [0, 0.05) is 24.5 Å². The van der Waals surface area contributed by atoms with Gasteiger partial charge in [-0.3, -0.25) is 4.79 Å². The van der Waals surface area contributed by atoms with Crippen LogP contribution in [0.3, 0.4) is 0 Å². The number of aromatic carboxylic acids is 1. The molecule has 0 bridgehead atoms. The molecule has 1 fully saturated rings. The third-order valence-corrected chi connectivity index (χ3v) is 8.91. The largest absolute Gasteiger partial charge is 0.478 e. The van der Waals surface area contributed by atoms with Gasteiger partial charge in [0.1, 0.15) is 17.2 Å². The third kappa shape index (κ3) is 8.14. The Labute approximate surface area is 260 Å². The molecule has 0 atom stereocenters. The van der Waals surface area contributed by atoms with E-state index in [0.29, 0.717) is 46.3 Å². The summed E-state index contributed by atoms with van der Waals surface area (Å²) in [6.07, 6.45) is 2.30. The molecule has 1 aromatic heterocycles. The Bertz CT molecular complexity index is 1780. The number of carboxylic acids is 1. The second-order valence-corrected chi connectivity index (χ2v) is 12.6. The lowest BCUT2D eigenvalue weighted by molar-refractivity contribution is 0.0509. The van der Waals surface area contributed by atoms with Crippen molar-refractivity contribution in [3.8, 4) is 11.3 Å². The predicted octanol–water partition coefficient (Wildman–Crippen LogP) is 4.87. The number of ether oxygens (including phenoxy) is 2. The monoisotopic (exact) mass is 638 g/mol. The number of sulfonamides is 1. The number of benzene rings is 3. The van der Waals surface area contributed by atoms with E-state index in [1.807, 2.05) is 6.07 Å². The highest BCUT2D eigenvalue weighted by Gasteiger charge is 2.31. The van der Waals surface area contributed by atoms with Crippen LogP contribution in [-0.2, 0) is 31.7 Å². The maximum absolute atomic E-state index is 13.6. The number of nitrogens with one attached hydrogen (secondary N) is 2. The Hall–Kier alpha value is -4.10. The van der Waals surface area contributed by atoms with Crippen molar-refractivity contribution in [1.29, 1.82) is 0 Å². The lowest BCUT2D eigenvalue weighted by Gasteiger charge is -2.12. The number of hydrogen-bond donors (Lipinski definition) is 3. The summed E-state index contributed by atoms with van der Waals surface area (Å²) in [4.78, 5) is 24.2. The topological polar surface area (TPSA) is 144 Å². The molecule has 0 saturated heterocycles. The van der Waals surface area contributed by atoms with Crippen molar-refractivity contribution < 1.29 is 41.4 Å². The molecule has 1 aliphatic rings. The van der Waals surface area contributed by atoms with Crippen LogP contribution in [0.5, 0.6) is 0 Å². The summed E-state index contributed by atoms with van der Waals surface area (Å²) in [6, 6.07) is 15.9. The zero-order valence-corrected chi connectivity index (χ0v) is 25.6. The van der Waals surface area contributed by atoms with Gasteiger partial charge in [0.25, 0.3) is 5.91 Å². The molecule has 10 nitrogen and oxygen atoms in total. The summed E-state index contributed by atoms with van der Waals surface area (Å²) in [5.41, 5.74) is 3.63. The number of carbonyl (C=O) groups excluding carboxylic acids is 1. The van der Waals surface area contributed by atoms with E-state index >= 15 is 0 Å². The van der Waals surface area contributed by atoms with E-state index in [9.17, 15) is 27.5 Å². The fourth-order valence-corrected chi connectivity index (χ4v) is 6.39. The second-order valence-electron chi connectivity index (χ2n) is 10.8. The molecule has 1 aliphatic carbocycles. The van der Waals surface area contributed by atoms with E-state index in [2.05, 4.69) is 10.0 Å². The number of rotatable bonds is 16. The summed E-state index contributed by atoms with van der Waals surface area (Å²) in [5.74, 6) is -1.53. The van der Waals surface area contributed by atoms with Crippen molar-refractivity contribution in [2.75, 3.05) is 40.0 Å². The summed E-state index contributed by atoms with van der Waals surface area (Å²) in [5, 5.41) is 12.5. The molecular formula is C33H35FN2O8S. The van der Waals surface area contributed by atoms with Gasteiger partial charge in [0.2, 0.25) is 10.0 Å². The molecule has 0 unspecified atom stereocenters. The Kier molecular flexibility index (Phi) is 10.3. The minimum Gasteiger partial charge on any atom is -0.478 e. The number of furan rings is 1. The molecule has 1 saturated carbocycles. The highest BCUT2D eigenvalue weighted by molar-refractivity contribution is 7.88. The first kappa shape index (κ1) is 32.3. The molecule has 1 amide bonds. The van der Waals surface area contributed by atoms with Crippen molar-refractivity contribution in [3.05, 3.63) is 94.3 Å². The first-order valence-corrected chi connectivity index (χ1v) is 16.3. The molecule has 1 heterocycles. The summed E-state index contributed by atoms with van der Waals surface area (Å²) in [6.45, 7) is 1.10. The maximum Gasteiger partial charge on any atom is 0.335 e. The molecule has 12 heteroatoms. The van der Waals surface area contributed by atoms with Crippen LogP contribution in [0.25, 0.3) is 22.3 Å². The van der Waals surface area contributed by atoms with Crippen molar-refractivity contribution in [3.63, 3.8) is 0 Å². The third-order valence-electron chi connectivity index (χ3n) is 7.58. The van der Waals surface area contributed by atoms with Crippen molar-refractivity contribution in [1.82, 2.24) is 10.0 Å². The average molecular weight is 639 g/mol. The van der Waals surface area contributed by atoms with Crippen LogP contribution in [0.2, 0.25) is 0 Å². The predicted molar refractivity (Wildman–Crippen MR) is 166 cm³/mol. The molecule has 4 aromatic rings. The maximum atomic E-state index is 13.6. The first-order chi connectivity index (χ1) is 21.7. The second kappa shape index (κ2) is 14.3. The van der Waals surface area contributed by atoms with Gasteiger partial charge in [-0.25, -0.2) is 22.3 Å². The minimum absolute atomic E-state index is 0.0750. The van der Waals surface area contributed by atoms with Gasteiger partial charge in [0.05, 0.1) is 43.3 Å². The molecule has 0 spiro atoms. The van der Waals surface area contributed by atoms with E-state index in [0.717, 1.165) is 18.4 Å². The number of hydrogen-bond acceptors (Lipinski definition) is 7. The molecule has 5 rings (SSSR count). The Balaban J connectivity index is 1.17. The molecule has 3 aromatic carbocycles. The van der Waals surface area contributed by atoms with Gasteiger partial charge in [-0.05, 0) is 84.3 Å². The van der Waals surface area contributed by atoms with Gasteiger partial charge in [-0.15, -0.1) is 0 Å². The van der Waals surface area contributed by atoms with Crippen LogP contribution in [0.15, 0.2) is 65.1 Å². The molecular weight excluding hydrogens is 603 g/mol. The number of fused-ring (bicyclic) bond motifs is 1. The molecule has 3 N–H and O–H groups in total. The minimum atomic E-state index is -3.73. The lowest BCUT2D eigenvalue weighted by Crippen LogP contribution is -2.29. The van der Waals surface area contributed by atoms with Gasteiger partial charge in [0.15, 0.2) is 0 Å². The fourth-order valence-electron chi connectivity index (χ4n) is 5.23. The molecule has 238 valence electrons. The van der Waals surface area contributed by atoms with E-state index in [1.165, 1.54) is 31.3 Å². The lowest BCUT2D eigenvalue weighted by atomic mass is 9.98. The zero-order chi connectivity index (χ0) is 32.0. The number of carboxylic acid groups (broad SMARTS) is 1. The highest BCUT2D eigenvalue weighted by Crippen LogP contribution is 2.45. The molecule has 0 aliphatic heterocycles. The summed E-state index contributed by atoms with van der Waals surface area (Å²) < 4.78 is 59.3. The number of halogens is 1. The standard InChI is InChI=1S/C33H35FN2O8S/c1-35-32(37)30-28-19-27(22-6-7-22)24(18-29(28)44-31(30)23-8-10-25(34)11-9-23)20-45(40,41)36-13-15-43-17-16-42-14-12-21-4-2-3-5-26(21)33(38)39/h2-5,8-11,18-19,22,36H,6-7,12-17,20H2,1H3,(H,35,37)(H,38,39). The van der Waals surface area contributed by atoms with E-state index in [1.54, 1.807) is 30.3 Å². The van der Waals surface area contributed by atoms with Crippen LogP contribution in [0.1, 0.15) is 56.2 Å². The fraction of sp³-hybridized carbons (Fsp3) is 0.333. The highest BCUT2D eigenvalue weighted by atomic mass is 32.2. The van der Waals surface area contributed by atoms with Crippen LogP contribution in [0.4, 0.5) is 4.39 Å². The van der Waals surface area contributed by atoms with E-state index < -0.39 is 21.8 Å². The van der Waals surface area contributed by atoms with Gasteiger partial charge >= 0.3 is 5.97 Å². The SMILES string of the molecule is CNC(=O)c1c(-c2ccc(F)cc2)oc2cc(CS(=O)(=O)NCCOCCOCCc3ccccc3C(=O)O)c(C3CC3)cc12. The summed E-state index contributed by atoms with van der Waals surface area (Å²) >= 11 is 0. The van der Waals surface area contributed by atoms with Crippen LogP contribution in [-0.4, -0.2) is 65.4 Å². The quantitative estimate of drug-likeness (QED) is 0.148. The van der Waals surface area contributed by atoms with Crippen molar-refractivity contribution >= 4 is 32.9 Å². The zero-order valence-electron chi connectivity index (χ0n) is 24.8. The Morgan fingerprint density at radius 3 is 2.38 bits per heavy atom. The molecule has 0 radical (unpaired) electrons. The summed E-state index contributed by atoms with van der Waals surface area (Å²) in [7, 11) is -2.21. The number of carbonyl (C=O) groups is 2. The molecule has 45 heavy (non-hydrogen) atoms. The Morgan fingerprint density at radius 1 is 0.978 bits per heavy atom. The van der Waals surface area contributed by atoms with Crippen LogP contribution in [0, 0.1) is 5.82 Å². The van der Waals surface area contributed by atoms with Crippen LogP contribution >= 0.6 is 0 Å². The normalized spacial score (nSPS) is 13.3. The smallest absolute Gasteiger partial charge is 0.335 e. The average Bonchev–Trinajstić information content (AvgIpc) is 3.80. The first-order valence-electron chi connectivity index (χ1n) is 14.7. The van der Waals surface area contributed by atoms with E-state index in [-0.39, 0.29) is 55.3 Å². The Morgan fingerprint density at radius 2 is 1.69 bits per heavy atom. The van der Waals surface area contributed by atoms with Crippen molar-refractivity contribution in [2.24, 2.45) is 0 Å². The van der Waals surface area contributed by atoms with Gasteiger partial charge in [-0.2, -0.15) is 0 Å². The van der Waals surface area contributed by atoms with Crippen LogP contribution < -0.4 is 10.0 Å². The van der Waals surface area contributed by atoms with Gasteiger partial charge in [-0.1, -0.05) is 18.2 Å². The van der Waals surface area contributed by atoms with E-state index in [4.69, 9.17) is 13.9 Å².